The van der Waals surface area contributed by atoms with Crippen molar-refractivity contribution in [1.29, 1.82) is 0 Å². The van der Waals surface area contributed by atoms with Crippen molar-refractivity contribution in [3.05, 3.63) is 30.0 Å². The third-order valence-electron chi connectivity index (χ3n) is 4.39. The Kier molecular flexibility index (Phi) is 5.05. The van der Waals surface area contributed by atoms with Crippen molar-refractivity contribution in [3.8, 4) is 6.01 Å². The van der Waals surface area contributed by atoms with Gasteiger partial charge < -0.3 is 9.30 Å². The number of rotatable bonds is 5. The normalized spacial score (nSPS) is 19.1. The van der Waals surface area contributed by atoms with E-state index in [2.05, 4.69) is 15.0 Å². The highest BCUT2D eigenvalue weighted by Crippen LogP contribution is 2.22. The summed E-state index contributed by atoms with van der Waals surface area (Å²) in [6.45, 7) is 4.55. The maximum Gasteiger partial charge on any atom is 0.316 e. The summed E-state index contributed by atoms with van der Waals surface area (Å²) in [7, 11) is -1.84. The monoisotopic (exact) mass is 365 g/mol. The molecule has 0 aromatic carbocycles. The van der Waals surface area contributed by atoms with Crippen molar-refractivity contribution in [2.75, 3.05) is 13.1 Å². The molecule has 0 bridgehead atoms. The Morgan fingerprint density at radius 3 is 2.64 bits per heavy atom. The first-order valence-electron chi connectivity index (χ1n) is 8.38. The van der Waals surface area contributed by atoms with Gasteiger partial charge in [0.15, 0.2) is 5.03 Å². The van der Waals surface area contributed by atoms with Crippen LogP contribution in [0.25, 0.3) is 0 Å². The number of imidazole rings is 1. The Labute approximate surface area is 147 Å². The molecule has 3 rings (SSSR count). The molecule has 8 nitrogen and oxygen atoms in total. The second kappa shape index (κ2) is 7.09. The second-order valence-electron chi connectivity index (χ2n) is 6.21. The molecule has 136 valence electrons. The predicted octanol–water partition coefficient (Wildman–Crippen LogP) is 1.31. The largest absolute Gasteiger partial charge is 0.459 e. The van der Waals surface area contributed by atoms with E-state index in [1.54, 1.807) is 37.1 Å². The zero-order chi connectivity index (χ0) is 18.0. The Balaban J connectivity index is 1.71. The van der Waals surface area contributed by atoms with Crippen LogP contribution < -0.4 is 4.74 Å². The molecule has 0 radical (unpaired) electrons. The van der Waals surface area contributed by atoms with Gasteiger partial charge >= 0.3 is 6.01 Å². The molecule has 0 saturated carbocycles. The van der Waals surface area contributed by atoms with E-state index >= 15 is 0 Å². The van der Waals surface area contributed by atoms with Crippen LogP contribution in [0.2, 0.25) is 0 Å². The van der Waals surface area contributed by atoms with Crippen LogP contribution in [-0.2, 0) is 23.5 Å². The second-order valence-corrected chi connectivity index (χ2v) is 8.09. The molecule has 1 unspecified atom stereocenters. The molecule has 0 aliphatic carbocycles. The molecule has 1 saturated heterocycles. The number of aryl methyl sites for hydroxylation is 3. The van der Waals surface area contributed by atoms with Gasteiger partial charge in [-0.15, -0.1) is 0 Å². The molecule has 1 atom stereocenters. The number of hydrogen-bond donors (Lipinski definition) is 0. The zero-order valence-electron chi connectivity index (χ0n) is 14.7. The van der Waals surface area contributed by atoms with E-state index in [0.29, 0.717) is 12.4 Å². The molecule has 2 aromatic heterocycles. The number of ether oxygens (including phenoxy) is 1. The quantitative estimate of drug-likeness (QED) is 0.794. The molecule has 1 aliphatic rings. The molecule has 2 aromatic rings. The number of hydrogen-bond acceptors (Lipinski definition) is 6. The summed E-state index contributed by atoms with van der Waals surface area (Å²) < 4.78 is 34.5. The molecule has 9 heteroatoms. The minimum absolute atomic E-state index is 0.0803. The third-order valence-corrected chi connectivity index (χ3v) is 6.13. The average Bonchev–Trinajstić information content (AvgIpc) is 2.96. The van der Waals surface area contributed by atoms with Gasteiger partial charge in [0, 0.05) is 32.2 Å². The smallest absolute Gasteiger partial charge is 0.316 e. The number of aromatic nitrogens is 4. The van der Waals surface area contributed by atoms with Crippen molar-refractivity contribution in [2.24, 2.45) is 7.05 Å². The summed E-state index contributed by atoms with van der Waals surface area (Å²) in [5, 5.41) is 0.0803. The summed E-state index contributed by atoms with van der Waals surface area (Å²) in [5.41, 5.74) is 1.03. The van der Waals surface area contributed by atoms with Gasteiger partial charge in [0.1, 0.15) is 11.9 Å². The van der Waals surface area contributed by atoms with Crippen LogP contribution in [0.4, 0.5) is 0 Å². The Morgan fingerprint density at radius 2 is 2.04 bits per heavy atom. The molecular weight excluding hydrogens is 342 g/mol. The van der Waals surface area contributed by atoms with Crippen molar-refractivity contribution in [3.63, 3.8) is 0 Å². The molecule has 1 fully saturated rings. The molecule has 0 N–H and O–H groups in total. The Morgan fingerprint density at radius 1 is 1.32 bits per heavy atom. The van der Waals surface area contributed by atoms with E-state index in [1.807, 2.05) is 6.92 Å². The van der Waals surface area contributed by atoms with Crippen LogP contribution in [0, 0.1) is 6.92 Å². The first kappa shape index (κ1) is 17.8. The maximum absolute atomic E-state index is 12.8. The van der Waals surface area contributed by atoms with Gasteiger partial charge in [-0.1, -0.05) is 6.92 Å². The minimum atomic E-state index is -3.62. The molecule has 1 aliphatic heterocycles. The van der Waals surface area contributed by atoms with E-state index < -0.39 is 10.0 Å². The summed E-state index contributed by atoms with van der Waals surface area (Å²) in [4.78, 5) is 12.5. The Bertz CT molecular complexity index is 812. The molecule has 0 amide bonds. The van der Waals surface area contributed by atoms with Gasteiger partial charge in [-0.3, -0.25) is 0 Å². The van der Waals surface area contributed by atoms with Crippen LogP contribution in [0.3, 0.4) is 0 Å². The predicted molar refractivity (Wildman–Crippen MR) is 91.8 cm³/mol. The first-order valence-corrected chi connectivity index (χ1v) is 9.82. The van der Waals surface area contributed by atoms with E-state index in [1.165, 1.54) is 4.31 Å². The highest BCUT2D eigenvalue weighted by molar-refractivity contribution is 7.89. The van der Waals surface area contributed by atoms with Crippen LogP contribution in [0.15, 0.2) is 23.6 Å². The van der Waals surface area contributed by atoms with Gasteiger partial charge in [0.05, 0.1) is 6.54 Å². The molecule has 3 heterocycles. The lowest BCUT2D eigenvalue weighted by atomic mass is 10.1. The maximum atomic E-state index is 12.8. The number of nitrogens with zero attached hydrogens (tertiary/aromatic N) is 5. The lowest BCUT2D eigenvalue weighted by Gasteiger charge is -2.30. The summed E-state index contributed by atoms with van der Waals surface area (Å²) in [6.07, 6.45) is 7.10. The van der Waals surface area contributed by atoms with Crippen LogP contribution in [0.5, 0.6) is 6.01 Å². The molecule has 25 heavy (non-hydrogen) atoms. The van der Waals surface area contributed by atoms with Crippen molar-refractivity contribution < 1.29 is 13.2 Å². The third kappa shape index (κ3) is 3.82. The standard InChI is InChI=1S/C16H23N5O3S/c1-4-13-8-17-16(18-9-13)24-14-6-5-7-21(10-14)25(22,23)15-11-20(3)12(2)19-15/h8-9,11,14H,4-7,10H2,1-3H3. The minimum Gasteiger partial charge on any atom is -0.459 e. The number of sulfonamides is 1. The fraction of sp³-hybridized carbons (Fsp3) is 0.562. The molecule has 0 spiro atoms. The zero-order valence-corrected chi connectivity index (χ0v) is 15.5. The van der Waals surface area contributed by atoms with E-state index in [0.717, 1.165) is 24.8 Å². The van der Waals surface area contributed by atoms with Gasteiger partial charge in [-0.2, -0.15) is 4.31 Å². The summed E-state index contributed by atoms with van der Waals surface area (Å²) in [6, 6.07) is 0.287. The Hall–Kier alpha value is -2.00. The van der Waals surface area contributed by atoms with Crippen molar-refractivity contribution >= 4 is 10.0 Å². The van der Waals surface area contributed by atoms with Crippen molar-refractivity contribution in [2.45, 2.75) is 44.2 Å². The lowest BCUT2D eigenvalue weighted by Crippen LogP contribution is -2.44. The SMILES string of the molecule is CCc1cnc(OC2CCCN(S(=O)(=O)c3cn(C)c(C)n3)C2)nc1. The van der Waals surface area contributed by atoms with E-state index in [4.69, 9.17) is 4.74 Å². The van der Waals surface area contributed by atoms with E-state index in [9.17, 15) is 8.42 Å². The van der Waals surface area contributed by atoms with Gasteiger partial charge in [-0.05, 0) is 31.7 Å². The van der Waals surface area contributed by atoms with Gasteiger partial charge in [0.25, 0.3) is 10.0 Å². The fourth-order valence-electron chi connectivity index (χ4n) is 2.74. The fourth-order valence-corrected chi connectivity index (χ4v) is 4.27. The number of piperidine rings is 1. The van der Waals surface area contributed by atoms with Crippen LogP contribution in [-0.4, -0.2) is 51.4 Å². The highest BCUT2D eigenvalue weighted by atomic mass is 32.2. The van der Waals surface area contributed by atoms with Crippen LogP contribution in [0.1, 0.15) is 31.2 Å². The molecular formula is C16H23N5O3S. The van der Waals surface area contributed by atoms with Gasteiger partial charge in [-0.25, -0.2) is 23.4 Å². The lowest BCUT2D eigenvalue weighted by molar-refractivity contribution is 0.119. The average molecular weight is 365 g/mol. The first-order chi connectivity index (χ1) is 11.9. The van der Waals surface area contributed by atoms with Crippen molar-refractivity contribution in [1.82, 2.24) is 23.8 Å². The van der Waals surface area contributed by atoms with Gasteiger partial charge in [0.2, 0.25) is 0 Å². The van der Waals surface area contributed by atoms with E-state index in [-0.39, 0.29) is 23.7 Å². The summed E-state index contributed by atoms with van der Waals surface area (Å²) >= 11 is 0. The summed E-state index contributed by atoms with van der Waals surface area (Å²) in [5.74, 6) is 0.660. The highest BCUT2D eigenvalue weighted by Gasteiger charge is 2.33. The topological polar surface area (TPSA) is 90.2 Å². The van der Waals surface area contributed by atoms with Crippen LogP contribution >= 0.6 is 0 Å².